The van der Waals surface area contributed by atoms with Gasteiger partial charge in [-0.05, 0) is 55.3 Å². The summed E-state index contributed by atoms with van der Waals surface area (Å²) in [5.41, 5.74) is 2.32. The van der Waals surface area contributed by atoms with E-state index in [2.05, 4.69) is 5.32 Å². The van der Waals surface area contributed by atoms with E-state index in [1.165, 1.54) is 16.4 Å². The van der Waals surface area contributed by atoms with Crippen LogP contribution in [0.3, 0.4) is 0 Å². The van der Waals surface area contributed by atoms with Crippen LogP contribution in [0.5, 0.6) is 11.5 Å². The number of rotatable bonds is 7. The van der Waals surface area contributed by atoms with Crippen LogP contribution >= 0.6 is 0 Å². The number of carbonyl (C=O) groups excluding carboxylic acids is 1. The van der Waals surface area contributed by atoms with E-state index < -0.39 is 22.0 Å². The van der Waals surface area contributed by atoms with Crippen LogP contribution in [0.2, 0.25) is 0 Å². The molecule has 172 valence electrons. The van der Waals surface area contributed by atoms with Gasteiger partial charge in [-0.25, -0.2) is 8.42 Å². The van der Waals surface area contributed by atoms with Gasteiger partial charge in [0.05, 0.1) is 23.7 Å². The second kappa shape index (κ2) is 9.54. The van der Waals surface area contributed by atoms with Gasteiger partial charge in [0, 0.05) is 0 Å². The van der Waals surface area contributed by atoms with Gasteiger partial charge in [-0.15, -0.1) is 0 Å². The molecule has 8 heteroatoms. The molecular formula is C25H26N2O5S. The second-order valence-electron chi connectivity index (χ2n) is 7.83. The second-order valence-corrected chi connectivity index (χ2v) is 9.69. The minimum atomic E-state index is -3.87. The first-order valence-corrected chi connectivity index (χ1v) is 12.1. The summed E-state index contributed by atoms with van der Waals surface area (Å²) in [4.78, 5) is 13.0. The number of hydrogen-bond donors (Lipinski definition) is 1. The van der Waals surface area contributed by atoms with Crippen LogP contribution < -0.4 is 19.1 Å². The Labute approximate surface area is 194 Å². The van der Waals surface area contributed by atoms with Crippen molar-refractivity contribution in [2.45, 2.75) is 24.8 Å². The Morgan fingerprint density at radius 2 is 1.79 bits per heavy atom. The molecule has 0 saturated carbocycles. The summed E-state index contributed by atoms with van der Waals surface area (Å²) >= 11 is 0. The van der Waals surface area contributed by atoms with Crippen molar-refractivity contribution in [3.05, 3.63) is 83.9 Å². The number of hydrogen-bond acceptors (Lipinski definition) is 5. The molecule has 0 aromatic heterocycles. The first kappa shape index (κ1) is 22.7. The fourth-order valence-corrected chi connectivity index (χ4v) is 5.11. The lowest BCUT2D eigenvalue weighted by Crippen LogP contribution is -2.51. The molecule has 0 radical (unpaired) electrons. The average molecular weight is 467 g/mol. The number of ether oxygens (including phenoxy) is 2. The van der Waals surface area contributed by atoms with Crippen molar-refractivity contribution in [1.29, 1.82) is 0 Å². The van der Waals surface area contributed by atoms with Crippen LogP contribution in [0.15, 0.2) is 77.7 Å². The third-order valence-electron chi connectivity index (χ3n) is 5.36. The van der Waals surface area contributed by atoms with Crippen molar-refractivity contribution in [3.63, 3.8) is 0 Å². The van der Waals surface area contributed by atoms with E-state index in [0.29, 0.717) is 11.4 Å². The maximum absolute atomic E-state index is 13.4. The fourth-order valence-electron chi connectivity index (χ4n) is 3.61. The van der Waals surface area contributed by atoms with Crippen molar-refractivity contribution in [3.8, 4) is 11.5 Å². The number of nitrogens with one attached hydrogen (secondary N) is 1. The number of fused-ring (bicyclic) bond motifs is 1. The molecule has 33 heavy (non-hydrogen) atoms. The average Bonchev–Trinajstić information content (AvgIpc) is 2.82. The first-order valence-electron chi connectivity index (χ1n) is 10.7. The Morgan fingerprint density at radius 3 is 2.55 bits per heavy atom. The van der Waals surface area contributed by atoms with Crippen LogP contribution in [-0.2, 0) is 14.8 Å². The molecule has 0 unspecified atom stereocenters. The maximum Gasteiger partial charge on any atom is 0.264 e. The Bertz CT molecular complexity index is 1240. The SMILES string of the molecule is Cc1ccc2c(c1)O[C@@H](C(=O)NCCOc1ccccc1C)CN2S(=O)(=O)c1ccccc1. The smallest absolute Gasteiger partial charge is 0.264 e. The topological polar surface area (TPSA) is 84.9 Å². The molecule has 3 aromatic carbocycles. The van der Waals surface area contributed by atoms with E-state index in [0.717, 1.165) is 16.9 Å². The normalized spacial score (nSPS) is 15.3. The lowest BCUT2D eigenvalue weighted by molar-refractivity contribution is -0.127. The molecule has 1 amide bonds. The van der Waals surface area contributed by atoms with Gasteiger partial charge in [-0.1, -0.05) is 42.5 Å². The number of anilines is 1. The molecule has 3 aromatic rings. The van der Waals surface area contributed by atoms with Crippen LogP contribution in [0.4, 0.5) is 5.69 Å². The molecule has 7 nitrogen and oxygen atoms in total. The van der Waals surface area contributed by atoms with Gasteiger partial charge in [-0.2, -0.15) is 0 Å². The van der Waals surface area contributed by atoms with E-state index in [4.69, 9.17) is 9.47 Å². The molecule has 1 aliphatic heterocycles. The molecular weight excluding hydrogens is 440 g/mol. The molecule has 1 N–H and O–H groups in total. The molecule has 4 rings (SSSR count). The van der Waals surface area contributed by atoms with Gasteiger partial charge in [-0.3, -0.25) is 9.10 Å². The quantitative estimate of drug-likeness (QED) is 0.539. The van der Waals surface area contributed by atoms with Crippen molar-refractivity contribution < 1.29 is 22.7 Å². The number of amides is 1. The fraction of sp³-hybridized carbons (Fsp3) is 0.240. The van der Waals surface area contributed by atoms with Gasteiger partial charge >= 0.3 is 0 Å². The molecule has 1 heterocycles. The van der Waals surface area contributed by atoms with Crippen molar-refractivity contribution >= 4 is 21.6 Å². The van der Waals surface area contributed by atoms with E-state index in [1.807, 2.05) is 44.2 Å². The molecule has 1 atom stereocenters. The van der Waals surface area contributed by atoms with E-state index in [9.17, 15) is 13.2 Å². The summed E-state index contributed by atoms with van der Waals surface area (Å²) in [6.45, 7) is 4.25. The molecule has 0 aliphatic carbocycles. The van der Waals surface area contributed by atoms with Crippen molar-refractivity contribution in [1.82, 2.24) is 5.32 Å². The minimum Gasteiger partial charge on any atom is -0.491 e. The summed E-state index contributed by atoms with van der Waals surface area (Å²) in [6.07, 6.45) is -0.990. The van der Waals surface area contributed by atoms with Crippen LogP contribution in [0.25, 0.3) is 0 Å². The Kier molecular flexibility index (Phi) is 6.55. The van der Waals surface area contributed by atoms with E-state index in [-0.39, 0.29) is 24.6 Å². The van der Waals surface area contributed by atoms with Crippen molar-refractivity contribution in [2.75, 3.05) is 24.0 Å². The zero-order chi connectivity index (χ0) is 23.4. The highest BCUT2D eigenvalue weighted by Gasteiger charge is 2.37. The zero-order valence-corrected chi connectivity index (χ0v) is 19.3. The van der Waals surface area contributed by atoms with Crippen LogP contribution in [0, 0.1) is 13.8 Å². The van der Waals surface area contributed by atoms with Gasteiger partial charge in [0.1, 0.15) is 18.1 Å². The van der Waals surface area contributed by atoms with Gasteiger partial charge in [0.2, 0.25) is 0 Å². The number of aryl methyl sites for hydroxylation is 2. The number of benzene rings is 3. The summed E-state index contributed by atoms with van der Waals surface area (Å²) in [6, 6.07) is 21.1. The number of sulfonamides is 1. The molecule has 0 spiro atoms. The van der Waals surface area contributed by atoms with Gasteiger partial charge in [0.25, 0.3) is 15.9 Å². The zero-order valence-electron chi connectivity index (χ0n) is 18.5. The van der Waals surface area contributed by atoms with Crippen LogP contribution in [-0.4, -0.2) is 40.1 Å². The highest BCUT2D eigenvalue weighted by atomic mass is 32.2. The number of para-hydroxylation sites is 1. The van der Waals surface area contributed by atoms with Crippen molar-refractivity contribution in [2.24, 2.45) is 0 Å². The van der Waals surface area contributed by atoms with Gasteiger partial charge in [0.15, 0.2) is 6.10 Å². The standard InChI is InChI=1S/C25H26N2O5S/c1-18-12-13-21-23(16-18)32-24(17-27(21)33(29,30)20-9-4-3-5-10-20)25(28)26-14-15-31-22-11-7-6-8-19(22)2/h3-13,16,24H,14-15,17H2,1-2H3,(H,26,28)/t24-/m1/s1. The first-order chi connectivity index (χ1) is 15.9. The predicted molar refractivity (Wildman–Crippen MR) is 126 cm³/mol. The molecule has 1 aliphatic rings. The Morgan fingerprint density at radius 1 is 1.06 bits per heavy atom. The predicted octanol–water partition coefficient (Wildman–Crippen LogP) is 3.45. The summed E-state index contributed by atoms with van der Waals surface area (Å²) < 4.78 is 39.6. The van der Waals surface area contributed by atoms with Crippen LogP contribution in [0.1, 0.15) is 11.1 Å². The summed E-state index contributed by atoms with van der Waals surface area (Å²) in [5, 5.41) is 2.79. The third kappa shape index (κ3) is 4.96. The third-order valence-corrected chi connectivity index (χ3v) is 7.15. The molecule has 0 saturated heterocycles. The molecule has 0 fully saturated rings. The number of carbonyl (C=O) groups is 1. The maximum atomic E-state index is 13.4. The van der Waals surface area contributed by atoms with E-state index >= 15 is 0 Å². The minimum absolute atomic E-state index is 0.127. The molecule has 0 bridgehead atoms. The monoisotopic (exact) mass is 466 g/mol. The Hall–Kier alpha value is -3.52. The highest BCUT2D eigenvalue weighted by Crippen LogP contribution is 2.37. The van der Waals surface area contributed by atoms with Gasteiger partial charge < -0.3 is 14.8 Å². The lowest BCUT2D eigenvalue weighted by Gasteiger charge is -2.35. The number of nitrogens with zero attached hydrogens (tertiary/aromatic N) is 1. The lowest BCUT2D eigenvalue weighted by atomic mass is 10.1. The summed E-state index contributed by atoms with van der Waals surface area (Å²) in [7, 11) is -3.87. The largest absolute Gasteiger partial charge is 0.491 e. The summed E-state index contributed by atoms with van der Waals surface area (Å²) in [5.74, 6) is 0.714. The van der Waals surface area contributed by atoms with E-state index in [1.54, 1.807) is 30.3 Å². The highest BCUT2D eigenvalue weighted by molar-refractivity contribution is 7.92. The Balaban J connectivity index is 1.49.